The van der Waals surface area contributed by atoms with Gasteiger partial charge in [0.25, 0.3) is 0 Å². The van der Waals surface area contributed by atoms with Gasteiger partial charge in [0.2, 0.25) is 0 Å². The molecule has 1 aliphatic rings. The fourth-order valence-corrected chi connectivity index (χ4v) is 4.50. The zero-order chi connectivity index (χ0) is 24.3. The highest BCUT2D eigenvalue weighted by molar-refractivity contribution is 7.80. The molecule has 1 fully saturated rings. The number of halogens is 3. The molecule has 1 aromatic carbocycles. The molecule has 1 saturated heterocycles. The van der Waals surface area contributed by atoms with Crippen LogP contribution in [-0.2, 0) is 15.7 Å². The first-order valence-electron chi connectivity index (χ1n) is 10.7. The van der Waals surface area contributed by atoms with E-state index in [2.05, 4.69) is 10.3 Å². The van der Waals surface area contributed by atoms with E-state index in [1.165, 1.54) is 13.2 Å². The molecular formula is C24H23F3N4O2S. The largest absolute Gasteiger partial charge is 0.469 e. The number of methoxy groups -OCH3 is 1. The van der Waals surface area contributed by atoms with Crippen LogP contribution in [0.5, 0.6) is 0 Å². The number of benzene rings is 1. The van der Waals surface area contributed by atoms with Crippen molar-refractivity contribution < 1.29 is 22.7 Å². The Bertz CT molecular complexity index is 1170. The molecule has 0 saturated carbocycles. The minimum atomic E-state index is -4.45. The molecule has 2 aromatic heterocycles. The Hall–Kier alpha value is -3.40. The molecule has 34 heavy (non-hydrogen) atoms. The molecule has 2 unspecified atom stereocenters. The number of ether oxygens (including phenoxy) is 1. The number of thiocarbonyl (C=S) groups is 1. The summed E-state index contributed by atoms with van der Waals surface area (Å²) in [5.74, 6) is -0.316. The maximum absolute atomic E-state index is 13.4. The molecule has 0 amide bonds. The molecule has 0 radical (unpaired) electrons. The van der Waals surface area contributed by atoms with Crippen LogP contribution < -0.4 is 5.32 Å². The van der Waals surface area contributed by atoms with Crippen LogP contribution in [0.15, 0.2) is 67.0 Å². The first-order valence-corrected chi connectivity index (χ1v) is 11.1. The number of nitrogens with one attached hydrogen (secondary N) is 1. The summed E-state index contributed by atoms with van der Waals surface area (Å²) in [4.78, 5) is 18.1. The van der Waals surface area contributed by atoms with Gasteiger partial charge in [-0.2, -0.15) is 13.2 Å². The molecule has 1 N–H and O–H groups in total. The average molecular weight is 489 g/mol. The monoisotopic (exact) mass is 488 g/mol. The second kappa shape index (κ2) is 9.84. The van der Waals surface area contributed by atoms with E-state index in [0.29, 0.717) is 23.8 Å². The lowest BCUT2D eigenvalue weighted by atomic mass is 10.0. The van der Waals surface area contributed by atoms with Crippen LogP contribution in [0.25, 0.3) is 5.69 Å². The molecule has 6 nitrogen and oxygen atoms in total. The van der Waals surface area contributed by atoms with Crippen LogP contribution >= 0.6 is 12.2 Å². The van der Waals surface area contributed by atoms with Crippen molar-refractivity contribution in [1.29, 1.82) is 0 Å². The number of esters is 1. The minimum absolute atomic E-state index is 0.227. The van der Waals surface area contributed by atoms with Gasteiger partial charge in [-0.25, -0.2) is 0 Å². The van der Waals surface area contributed by atoms with Gasteiger partial charge in [-0.05, 0) is 61.1 Å². The lowest BCUT2D eigenvalue weighted by Gasteiger charge is -2.29. The fourth-order valence-electron chi connectivity index (χ4n) is 4.17. The smallest absolute Gasteiger partial charge is 0.416 e. The quantitative estimate of drug-likeness (QED) is 0.380. The number of alkyl halides is 3. The summed E-state index contributed by atoms with van der Waals surface area (Å²) in [5.41, 5.74) is 1.17. The van der Waals surface area contributed by atoms with Crippen LogP contribution in [0.1, 0.15) is 41.9 Å². The van der Waals surface area contributed by atoms with Crippen molar-refractivity contribution in [2.45, 2.75) is 31.1 Å². The van der Waals surface area contributed by atoms with Gasteiger partial charge in [0.1, 0.15) is 0 Å². The maximum Gasteiger partial charge on any atom is 0.416 e. The van der Waals surface area contributed by atoms with Gasteiger partial charge in [0.15, 0.2) is 5.11 Å². The van der Waals surface area contributed by atoms with E-state index < -0.39 is 11.7 Å². The number of nitrogens with zero attached hydrogens (tertiary/aromatic N) is 3. The van der Waals surface area contributed by atoms with Gasteiger partial charge in [-0.15, -0.1) is 0 Å². The van der Waals surface area contributed by atoms with E-state index in [0.717, 1.165) is 23.5 Å². The standard InChI is InChI=1S/C24H23F3N4O2S/c1-33-20(32)11-6-14-31-22(21(29-23(31)34)18-9-2-3-12-28-18)19-10-5-13-30(19)17-8-4-7-16(15-17)24(25,26)27/h2-5,7-10,12-13,15,21-22H,6,11,14H2,1H3,(H,29,34). The Morgan fingerprint density at radius 3 is 2.71 bits per heavy atom. The van der Waals surface area contributed by atoms with Gasteiger partial charge in [-0.3, -0.25) is 9.78 Å². The van der Waals surface area contributed by atoms with Crippen molar-refractivity contribution >= 4 is 23.3 Å². The van der Waals surface area contributed by atoms with Crippen LogP contribution in [0, 0.1) is 0 Å². The first kappa shape index (κ1) is 23.7. The highest BCUT2D eigenvalue weighted by Gasteiger charge is 2.41. The van der Waals surface area contributed by atoms with E-state index in [9.17, 15) is 18.0 Å². The predicted molar refractivity (Wildman–Crippen MR) is 124 cm³/mol. The predicted octanol–water partition coefficient (Wildman–Crippen LogP) is 4.82. The van der Waals surface area contributed by atoms with Crippen LogP contribution in [0.4, 0.5) is 13.2 Å². The first-order chi connectivity index (χ1) is 16.3. The highest BCUT2D eigenvalue weighted by atomic mass is 32.1. The van der Waals surface area contributed by atoms with Gasteiger partial charge < -0.3 is 19.5 Å². The van der Waals surface area contributed by atoms with E-state index in [-0.39, 0.29) is 24.5 Å². The van der Waals surface area contributed by atoms with Gasteiger partial charge in [0.05, 0.1) is 30.5 Å². The summed E-state index contributed by atoms with van der Waals surface area (Å²) in [6.07, 6.45) is -0.303. The molecular weight excluding hydrogens is 465 g/mol. The molecule has 1 aliphatic heterocycles. The number of rotatable bonds is 7. The van der Waals surface area contributed by atoms with E-state index in [4.69, 9.17) is 17.0 Å². The van der Waals surface area contributed by atoms with Crippen molar-refractivity contribution in [3.05, 3.63) is 83.9 Å². The Morgan fingerprint density at radius 1 is 1.18 bits per heavy atom. The molecule has 4 rings (SSSR count). The van der Waals surface area contributed by atoms with Crippen molar-refractivity contribution in [3.8, 4) is 5.69 Å². The Morgan fingerprint density at radius 2 is 2.00 bits per heavy atom. The molecule has 2 atom stereocenters. The zero-order valence-electron chi connectivity index (χ0n) is 18.3. The van der Waals surface area contributed by atoms with Crippen molar-refractivity contribution in [3.63, 3.8) is 0 Å². The summed E-state index contributed by atoms with van der Waals surface area (Å²) in [6.45, 7) is 0.461. The van der Waals surface area contributed by atoms with Gasteiger partial charge >= 0.3 is 12.1 Å². The molecule has 0 aliphatic carbocycles. The SMILES string of the molecule is COC(=O)CCCN1C(=S)NC(c2ccccn2)C1c1cccn1-c1cccc(C(F)(F)F)c1. The number of carbonyl (C=O) groups is 1. The average Bonchev–Trinajstić information content (AvgIpc) is 3.43. The molecule has 3 heterocycles. The summed E-state index contributed by atoms with van der Waals surface area (Å²) in [6, 6.07) is 13.7. The van der Waals surface area contributed by atoms with Crippen molar-refractivity contribution in [2.24, 2.45) is 0 Å². The Labute approximate surface area is 200 Å². The van der Waals surface area contributed by atoms with Gasteiger partial charge in [0, 0.05) is 36.7 Å². The van der Waals surface area contributed by atoms with Crippen molar-refractivity contribution in [1.82, 2.24) is 19.8 Å². The number of aromatic nitrogens is 2. The number of carbonyl (C=O) groups excluding carboxylic acids is 1. The molecule has 0 spiro atoms. The Kier molecular flexibility index (Phi) is 6.87. The zero-order valence-corrected chi connectivity index (χ0v) is 19.1. The summed E-state index contributed by atoms with van der Waals surface area (Å²) in [7, 11) is 1.34. The Balaban J connectivity index is 1.73. The molecule has 0 bridgehead atoms. The minimum Gasteiger partial charge on any atom is -0.469 e. The molecule has 10 heteroatoms. The third-order valence-corrected chi connectivity index (χ3v) is 6.09. The normalized spacial score (nSPS) is 18.1. The molecule has 178 valence electrons. The van der Waals surface area contributed by atoms with Crippen molar-refractivity contribution in [2.75, 3.05) is 13.7 Å². The highest BCUT2D eigenvalue weighted by Crippen LogP contribution is 2.40. The van der Waals surface area contributed by atoms with E-state index >= 15 is 0 Å². The van der Waals surface area contributed by atoms with Gasteiger partial charge in [-0.1, -0.05) is 12.1 Å². The number of hydrogen-bond donors (Lipinski definition) is 1. The summed E-state index contributed by atoms with van der Waals surface area (Å²) >= 11 is 5.62. The lowest BCUT2D eigenvalue weighted by molar-refractivity contribution is -0.141. The number of hydrogen-bond acceptors (Lipinski definition) is 4. The maximum atomic E-state index is 13.4. The van der Waals surface area contributed by atoms with Crippen LogP contribution in [0.3, 0.4) is 0 Å². The third kappa shape index (κ3) is 4.91. The van der Waals surface area contributed by atoms with Crippen LogP contribution in [0.2, 0.25) is 0 Å². The third-order valence-electron chi connectivity index (χ3n) is 5.74. The van der Waals surface area contributed by atoms with E-state index in [1.807, 2.05) is 29.2 Å². The summed E-state index contributed by atoms with van der Waals surface area (Å²) < 4.78 is 46.5. The molecule has 3 aromatic rings. The lowest BCUT2D eigenvalue weighted by Crippen LogP contribution is -2.31. The second-order valence-corrected chi connectivity index (χ2v) is 8.24. The fraction of sp³-hybridized carbons (Fsp3) is 0.292. The second-order valence-electron chi connectivity index (χ2n) is 7.85. The number of pyridine rings is 1. The summed E-state index contributed by atoms with van der Waals surface area (Å²) in [5, 5.41) is 3.80. The topological polar surface area (TPSA) is 59.4 Å². The van der Waals surface area contributed by atoms with Crippen LogP contribution in [-0.4, -0.2) is 39.2 Å². The van der Waals surface area contributed by atoms with E-state index in [1.54, 1.807) is 29.1 Å².